The lowest BCUT2D eigenvalue weighted by Crippen LogP contribution is -1.99. The number of rotatable bonds is 1. The smallest absolute Gasteiger partial charge is 0.0998 e. The molecule has 0 saturated carbocycles. The normalized spacial score (nSPS) is 20.1. The number of aromatic nitrogens is 3. The molecule has 0 unspecified atom stereocenters. The number of hydrogen-bond donors (Lipinski definition) is 0. The highest BCUT2D eigenvalue weighted by Gasteiger charge is 2.02. The van der Waals surface area contributed by atoms with E-state index in [9.17, 15) is 0 Å². The van der Waals surface area contributed by atoms with Gasteiger partial charge in [-0.1, -0.05) is 6.04 Å². The van der Waals surface area contributed by atoms with Crippen LogP contribution < -0.4 is 0 Å². The quantitative estimate of drug-likeness (QED) is 0.773. The first kappa shape index (κ1) is 3.20. The van der Waals surface area contributed by atoms with Crippen LogP contribution in [0, 0.1) is 6.85 Å². The molecule has 1 aromatic heterocycles. The molecular weight excluding hydrogens is 230 g/mol. The molecule has 0 radical (unpaired) electrons. The van der Waals surface area contributed by atoms with Crippen molar-refractivity contribution in [1.82, 2.24) is 15.0 Å². The van der Waals surface area contributed by atoms with Gasteiger partial charge in [-0.3, -0.25) is 0 Å². The molecule has 0 aliphatic rings. The van der Waals surface area contributed by atoms with Crippen molar-refractivity contribution >= 4 is 15.9 Å². The predicted molar refractivity (Wildman–Crippen MR) is 53.8 cm³/mol. The van der Waals surface area contributed by atoms with Crippen LogP contribution in [0.5, 0.6) is 0 Å². The van der Waals surface area contributed by atoms with Crippen LogP contribution in [0.4, 0.5) is 0 Å². The molecule has 2 aromatic rings. The van der Waals surface area contributed by atoms with Gasteiger partial charge in [0.25, 0.3) is 0 Å². The van der Waals surface area contributed by atoms with Crippen molar-refractivity contribution in [2.45, 2.75) is 6.85 Å². The van der Waals surface area contributed by atoms with Gasteiger partial charge in [-0.2, -0.15) is 15.0 Å². The van der Waals surface area contributed by atoms with Gasteiger partial charge in [0.2, 0.25) is 0 Å². The second kappa shape index (κ2) is 3.30. The molecular formula is C9H8BrN3. The Hall–Kier alpha value is -1.16. The summed E-state index contributed by atoms with van der Waals surface area (Å²) in [7, 11) is 0. The number of hydrogen-bond acceptors (Lipinski definition) is 2. The second-order valence-electron chi connectivity index (χ2n) is 2.13. The highest BCUT2D eigenvalue weighted by molar-refractivity contribution is 9.10. The van der Waals surface area contributed by atoms with Crippen LogP contribution in [0.2, 0.25) is 0 Å². The fourth-order valence-electron chi connectivity index (χ4n) is 0.776. The zero-order chi connectivity index (χ0) is 16.1. The summed E-state index contributed by atoms with van der Waals surface area (Å²) in [5.41, 5.74) is -0.697. The van der Waals surface area contributed by atoms with Gasteiger partial charge in [0.15, 0.2) is 0 Å². The monoisotopic (exact) mass is 245 g/mol. The molecule has 1 heterocycles. The van der Waals surface area contributed by atoms with Gasteiger partial charge in [-0.25, -0.2) is 0 Å². The molecule has 66 valence electrons. The predicted octanol–water partition coefficient (Wildman–Crippen LogP) is 2.34. The van der Waals surface area contributed by atoms with Crippen LogP contribution in [0.25, 0.3) is 5.69 Å². The minimum atomic E-state index is -2.70. The Kier molecular flexibility index (Phi) is 0.813. The van der Waals surface area contributed by atoms with Gasteiger partial charge in [-0.05, 0) is 40.4 Å². The van der Waals surface area contributed by atoms with Gasteiger partial charge in [0.1, 0.15) is 0 Å². The first-order valence-corrected chi connectivity index (χ1v) is 4.05. The minimum Gasteiger partial charge on any atom is -0.157 e. The van der Waals surface area contributed by atoms with Crippen molar-refractivity contribution in [1.29, 1.82) is 0 Å². The van der Waals surface area contributed by atoms with E-state index >= 15 is 0 Å². The maximum absolute atomic E-state index is 7.90. The molecule has 0 atom stereocenters. The number of benzene rings is 1. The third kappa shape index (κ3) is 1.62. The average molecular weight is 246 g/mol. The Balaban J connectivity index is 2.82. The van der Waals surface area contributed by atoms with Crippen LogP contribution in [0.3, 0.4) is 0 Å². The van der Waals surface area contributed by atoms with Crippen molar-refractivity contribution in [3.05, 3.63) is 40.5 Å². The van der Waals surface area contributed by atoms with Gasteiger partial charge in [-0.15, -0.1) is 0 Å². The molecule has 0 fully saturated rings. The average Bonchev–Trinajstić information content (AvgIpc) is 2.65. The molecule has 0 aliphatic heterocycles. The first-order chi connectivity index (χ1) is 9.55. The molecule has 0 spiro atoms. The molecule has 0 saturated heterocycles. The third-order valence-electron chi connectivity index (χ3n) is 1.29. The van der Waals surface area contributed by atoms with Crippen LogP contribution in [-0.4, -0.2) is 15.0 Å². The standard InChI is InChI=1S/C9H8BrN3/c1-7-2-3-9(8(10)6-7)13-11-4-5-12-13/h2-6H,1H3/i1D3,2D,3D,4D,5D,6D. The Morgan fingerprint density at radius 1 is 1.46 bits per heavy atom. The van der Waals surface area contributed by atoms with Crippen molar-refractivity contribution in [2.24, 2.45) is 0 Å². The van der Waals surface area contributed by atoms with Crippen LogP contribution in [0.15, 0.2) is 34.9 Å². The van der Waals surface area contributed by atoms with Gasteiger partial charge in [0.05, 0.1) is 24.9 Å². The summed E-state index contributed by atoms with van der Waals surface area (Å²) in [6.45, 7) is -2.70. The Morgan fingerprint density at radius 3 is 2.92 bits per heavy atom. The van der Waals surface area contributed by atoms with E-state index in [0.29, 0.717) is 0 Å². The second-order valence-corrected chi connectivity index (χ2v) is 2.92. The van der Waals surface area contributed by atoms with E-state index < -0.39 is 42.9 Å². The van der Waals surface area contributed by atoms with Crippen molar-refractivity contribution in [3.63, 3.8) is 0 Å². The zero-order valence-corrected chi connectivity index (χ0v) is 7.81. The third-order valence-corrected chi connectivity index (χ3v) is 1.86. The van der Waals surface area contributed by atoms with E-state index in [1.54, 1.807) is 0 Å². The molecule has 4 heteroatoms. The summed E-state index contributed by atoms with van der Waals surface area (Å²) < 4.78 is 60.2. The number of halogens is 1. The maximum atomic E-state index is 7.90. The maximum Gasteiger partial charge on any atom is 0.0998 e. The fourth-order valence-corrected chi connectivity index (χ4v) is 1.23. The molecule has 0 N–H and O–H groups in total. The van der Waals surface area contributed by atoms with Crippen LogP contribution in [-0.2, 0) is 0 Å². The summed E-state index contributed by atoms with van der Waals surface area (Å²) in [6, 6.07) is -1.60. The van der Waals surface area contributed by atoms with Crippen LogP contribution >= 0.6 is 15.9 Å². The Morgan fingerprint density at radius 2 is 2.23 bits per heavy atom. The lowest BCUT2D eigenvalue weighted by molar-refractivity contribution is 0.748. The van der Waals surface area contributed by atoms with Gasteiger partial charge < -0.3 is 0 Å². The fraction of sp³-hybridized carbons (Fsp3) is 0.111. The van der Waals surface area contributed by atoms with E-state index in [1.165, 1.54) is 0 Å². The number of nitrogens with zero attached hydrogens (tertiary/aromatic N) is 3. The Bertz CT molecular complexity index is 674. The summed E-state index contributed by atoms with van der Waals surface area (Å²) >= 11 is 3.01. The summed E-state index contributed by atoms with van der Waals surface area (Å²) in [5.74, 6) is 0. The van der Waals surface area contributed by atoms with E-state index in [-0.39, 0.29) is 10.2 Å². The van der Waals surface area contributed by atoms with E-state index in [1.807, 2.05) is 0 Å². The summed E-state index contributed by atoms with van der Waals surface area (Å²) in [5, 5.41) is 7.21. The molecule has 3 nitrogen and oxygen atoms in total. The van der Waals surface area contributed by atoms with Crippen molar-refractivity contribution in [2.75, 3.05) is 0 Å². The molecule has 13 heavy (non-hydrogen) atoms. The molecule has 1 aromatic carbocycles. The highest BCUT2D eigenvalue weighted by Crippen LogP contribution is 2.20. The van der Waals surface area contributed by atoms with E-state index in [2.05, 4.69) is 26.1 Å². The molecule has 0 bridgehead atoms. The summed E-state index contributed by atoms with van der Waals surface area (Å²) in [6.07, 6.45) is -0.862. The topological polar surface area (TPSA) is 30.7 Å². The Labute approximate surface area is 95.8 Å². The lowest BCUT2D eigenvalue weighted by Gasteiger charge is -2.02. The highest BCUT2D eigenvalue weighted by atomic mass is 79.9. The molecule has 2 rings (SSSR count). The van der Waals surface area contributed by atoms with E-state index in [4.69, 9.17) is 11.0 Å². The van der Waals surface area contributed by atoms with Gasteiger partial charge in [0, 0.05) is 8.58 Å². The minimum absolute atomic E-state index is 0.0791. The largest absolute Gasteiger partial charge is 0.157 e. The van der Waals surface area contributed by atoms with Crippen LogP contribution in [0.1, 0.15) is 16.5 Å². The molecule has 0 amide bonds. The van der Waals surface area contributed by atoms with Crippen molar-refractivity contribution in [3.8, 4) is 5.69 Å². The summed E-state index contributed by atoms with van der Waals surface area (Å²) in [4.78, 5) is 0.774. The zero-order valence-electron chi connectivity index (χ0n) is 14.2. The lowest BCUT2D eigenvalue weighted by atomic mass is 10.2. The van der Waals surface area contributed by atoms with Gasteiger partial charge >= 0.3 is 0 Å². The van der Waals surface area contributed by atoms with E-state index in [0.717, 1.165) is 4.80 Å². The SMILES string of the molecule is [2H]c1nn(-c2c([2H])c([2H])c(C([2H])([2H])[2H])c([2H])c2Br)nc1[2H]. The molecule has 0 aliphatic carbocycles. The van der Waals surface area contributed by atoms with Crippen molar-refractivity contribution < 1.29 is 11.0 Å². The first-order valence-electron chi connectivity index (χ1n) is 7.26.